The van der Waals surface area contributed by atoms with Crippen LogP contribution < -0.4 is 14.8 Å². The molecule has 2 aliphatic rings. The Labute approximate surface area is 216 Å². The highest BCUT2D eigenvalue weighted by Crippen LogP contribution is 2.53. The summed E-state index contributed by atoms with van der Waals surface area (Å²) in [5, 5.41) is 3.96. The van der Waals surface area contributed by atoms with E-state index < -0.39 is 16.4 Å². The molecule has 2 aromatic carbocycles. The number of carbonyl (C=O) groups is 1. The minimum absolute atomic E-state index is 0.119. The van der Waals surface area contributed by atoms with Gasteiger partial charge >= 0.3 is 0 Å². The molecule has 0 radical (unpaired) electrons. The van der Waals surface area contributed by atoms with Crippen LogP contribution in [0.3, 0.4) is 0 Å². The SMILES string of the molecule is CC(C)(C)[C@@](N=S=O)(c1cnc(NC(=O)C2(c3ccc4c(c3)OCO4)CC2)s1)c1ccccc1Cl. The molecule has 1 atom stereocenters. The second-order valence-electron chi connectivity index (χ2n) is 9.74. The molecule has 1 amide bonds. The Balaban J connectivity index is 1.48. The van der Waals surface area contributed by atoms with Crippen LogP contribution in [0.1, 0.15) is 49.6 Å². The number of nitrogens with one attached hydrogen (secondary N) is 1. The maximum Gasteiger partial charge on any atom is 0.236 e. The molecule has 1 aromatic heterocycles. The average molecular weight is 530 g/mol. The van der Waals surface area contributed by atoms with Crippen LogP contribution in [0.5, 0.6) is 11.5 Å². The third-order valence-corrected chi connectivity index (χ3v) is 8.42. The summed E-state index contributed by atoms with van der Waals surface area (Å²) in [5.41, 5.74) is -0.557. The summed E-state index contributed by atoms with van der Waals surface area (Å²) in [6, 6.07) is 13.0. The van der Waals surface area contributed by atoms with Crippen molar-refractivity contribution >= 4 is 45.4 Å². The highest BCUT2D eigenvalue weighted by atomic mass is 35.5. The fourth-order valence-electron chi connectivity index (χ4n) is 4.63. The Hall–Kier alpha value is -2.75. The van der Waals surface area contributed by atoms with Crippen molar-refractivity contribution in [3.05, 3.63) is 69.7 Å². The second-order valence-corrected chi connectivity index (χ2v) is 11.5. The first-order valence-corrected chi connectivity index (χ1v) is 13.0. The number of hydrogen-bond acceptors (Lipinski definition) is 7. The van der Waals surface area contributed by atoms with E-state index in [0.29, 0.717) is 21.7 Å². The van der Waals surface area contributed by atoms with Crippen molar-refractivity contribution in [2.24, 2.45) is 9.78 Å². The number of ether oxygens (including phenoxy) is 2. The van der Waals surface area contributed by atoms with E-state index in [1.54, 1.807) is 12.3 Å². The molecular formula is C25H24ClN3O4S2. The smallest absolute Gasteiger partial charge is 0.236 e. The molecule has 1 saturated carbocycles. The largest absolute Gasteiger partial charge is 0.454 e. The Morgan fingerprint density at radius 2 is 1.91 bits per heavy atom. The summed E-state index contributed by atoms with van der Waals surface area (Å²) in [7, 11) is 0. The molecule has 1 aliphatic heterocycles. The van der Waals surface area contributed by atoms with Gasteiger partial charge in [0.2, 0.25) is 24.2 Å². The molecule has 35 heavy (non-hydrogen) atoms. The van der Waals surface area contributed by atoms with Gasteiger partial charge in [-0.1, -0.05) is 68.0 Å². The number of carbonyl (C=O) groups excluding carboxylic acids is 1. The first-order chi connectivity index (χ1) is 16.7. The zero-order valence-corrected chi connectivity index (χ0v) is 21.9. The number of anilines is 1. The lowest BCUT2D eigenvalue weighted by molar-refractivity contribution is -0.118. The number of halogens is 1. The van der Waals surface area contributed by atoms with Crippen molar-refractivity contribution < 1.29 is 18.5 Å². The fourth-order valence-corrected chi connectivity index (χ4v) is 6.71. The summed E-state index contributed by atoms with van der Waals surface area (Å²) in [6.45, 7) is 6.21. The van der Waals surface area contributed by atoms with Crippen molar-refractivity contribution in [2.45, 2.75) is 44.6 Å². The summed E-state index contributed by atoms with van der Waals surface area (Å²) in [6.07, 6.45) is 3.16. The van der Waals surface area contributed by atoms with Crippen molar-refractivity contribution in [2.75, 3.05) is 12.1 Å². The van der Waals surface area contributed by atoms with Crippen LogP contribution in [0.2, 0.25) is 5.02 Å². The Bertz CT molecular complexity index is 1360. The van der Waals surface area contributed by atoms with Gasteiger partial charge < -0.3 is 14.8 Å². The molecule has 0 bridgehead atoms. The lowest BCUT2D eigenvalue weighted by atomic mass is 9.69. The Morgan fingerprint density at radius 1 is 1.17 bits per heavy atom. The van der Waals surface area contributed by atoms with Crippen molar-refractivity contribution in [1.82, 2.24) is 4.98 Å². The van der Waals surface area contributed by atoms with Crippen molar-refractivity contribution in [1.29, 1.82) is 0 Å². The Morgan fingerprint density at radius 3 is 2.60 bits per heavy atom. The predicted octanol–water partition coefficient (Wildman–Crippen LogP) is 5.88. The van der Waals surface area contributed by atoms with Crippen LogP contribution in [0.4, 0.5) is 5.13 Å². The predicted molar refractivity (Wildman–Crippen MR) is 136 cm³/mol. The number of aromatic nitrogens is 1. The zero-order valence-electron chi connectivity index (χ0n) is 19.5. The first-order valence-electron chi connectivity index (χ1n) is 11.2. The number of thiazole rings is 1. The third kappa shape index (κ3) is 3.95. The summed E-state index contributed by atoms with van der Waals surface area (Å²) >= 11 is 8.06. The highest BCUT2D eigenvalue weighted by Gasteiger charge is 2.52. The van der Waals surface area contributed by atoms with Crippen LogP contribution in [-0.2, 0) is 27.2 Å². The number of fused-ring (bicyclic) bond motifs is 1. The van der Waals surface area contributed by atoms with E-state index in [-0.39, 0.29) is 24.2 Å². The van der Waals surface area contributed by atoms with Gasteiger partial charge in [-0.15, -0.1) is 0 Å². The summed E-state index contributed by atoms with van der Waals surface area (Å²) in [5.74, 6) is 1.23. The van der Waals surface area contributed by atoms with Gasteiger partial charge in [-0.3, -0.25) is 4.79 Å². The molecule has 5 rings (SSSR count). The number of nitrogens with zero attached hydrogens (tertiary/aromatic N) is 2. The van der Waals surface area contributed by atoms with Crippen LogP contribution >= 0.6 is 22.9 Å². The molecule has 3 aromatic rings. The number of amides is 1. The molecule has 7 nitrogen and oxygen atoms in total. The van der Waals surface area contributed by atoms with E-state index >= 15 is 0 Å². The van der Waals surface area contributed by atoms with Crippen LogP contribution in [0, 0.1) is 5.41 Å². The van der Waals surface area contributed by atoms with Gasteiger partial charge in [-0.05, 0) is 42.0 Å². The topological polar surface area (TPSA) is 89.9 Å². The van der Waals surface area contributed by atoms with Crippen molar-refractivity contribution in [3.8, 4) is 11.5 Å². The molecule has 2 heterocycles. The van der Waals surface area contributed by atoms with E-state index in [1.807, 2.05) is 57.2 Å². The second kappa shape index (κ2) is 8.72. The third-order valence-electron chi connectivity index (χ3n) is 6.72. The van der Waals surface area contributed by atoms with E-state index in [9.17, 15) is 9.00 Å². The molecule has 1 N–H and O–H groups in total. The standard InChI is InChI=1S/C25H24ClN3O4S2/c1-23(2,3)25(29-35-31,16-6-4-5-7-17(16)26)20-13-27-22(34-20)28-21(30)24(10-11-24)15-8-9-18-19(12-15)33-14-32-18/h4-9,12-13H,10-11,14H2,1-3H3,(H,27,28,30)/t25-/m0/s1. The molecule has 0 spiro atoms. The minimum atomic E-state index is -1.05. The summed E-state index contributed by atoms with van der Waals surface area (Å²) in [4.78, 5) is 18.6. The summed E-state index contributed by atoms with van der Waals surface area (Å²) < 4.78 is 27.2. The van der Waals surface area contributed by atoms with Gasteiger partial charge in [0.25, 0.3) is 0 Å². The molecule has 0 unspecified atom stereocenters. The molecule has 10 heteroatoms. The van der Waals surface area contributed by atoms with Crippen LogP contribution in [-0.4, -0.2) is 21.9 Å². The molecule has 1 aliphatic carbocycles. The number of hydrogen-bond donors (Lipinski definition) is 1. The van der Waals surface area contributed by atoms with Gasteiger partial charge in [0.15, 0.2) is 16.6 Å². The van der Waals surface area contributed by atoms with E-state index in [2.05, 4.69) is 14.7 Å². The van der Waals surface area contributed by atoms with E-state index in [0.717, 1.165) is 28.8 Å². The normalized spacial score (nSPS) is 17.4. The van der Waals surface area contributed by atoms with Crippen LogP contribution in [0.15, 0.2) is 53.0 Å². The maximum atomic E-state index is 13.4. The van der Waals surface area contributed by atoms with Gasteiger partial charge in [0.05, 0.1) is 10.3 Å². The van der Waals surface area contributed by atoms with Gasteiger partial charge in [-0.2, -0.15) is 8.57 Å². The maximum absolute atomic E-state index is 13.4. The van der Waals surface area contributed by atoms with Crippen molar-refractivity contribution in [3.63, 3.8) is 0 Å². The van der Waals surface area contributed by atoms with Crippen LogP contribution in [0.25, 0.3) is 0 Å². The number of rotatable bonds is 6. The Kier molecular flexibility index (Phi) is 5.97. The van der Waals surface area contributed by atoms with Gasteiger partial charge in [0.1, 0.15) is 5.54 Å². The van der Waals surface area contributed by atoms with E-state index in [4.69, 9.17) is 21.1 Å². The fraction of sp³-hybridized carbons (Fsp3) is 0.360. The van der Waals surface area contributed by atoms with Gasteiger partial charge in [-0.25, -0.2) is 4.98 Å². The van der Waals surface area contributed by atoms with E-state index in [1.165, 1.54) is 11.3 Å². The highest BCUT2D eigenvalue weighted by molar-refractivity contribution is 7.54. The lowest BCUT2D eigenvalue weighted by Gasteiger charge is -2.40. The molecular weight excluding hydrogens is 506 g/mol. The average Bonchev–Trinajstić information content (AvgIpc) is 3.27. The molecule has 1 fully saturated rings. The number of benzene rings is 2. The minimum Gasteiger partial charge on any atom is -0.454 e. The quantitative estimate of drug-likeness (QED) is 0.430. The monoisotopic (exact) mass is 529 g/mol. The zero-order chi connectivity index (χ0) is 24.8. The molecule has 182 valence electrons. The lowest BCUT2D eigenvalue weighted by Crippen LogP contribution is -2.39. The van der Waals surface area contributed by atoms with Gasteiger partial charge in [0, 0.05) is 16.8 Å². The molecule has 0 saturated heterocycles. The first kappa shape index (κ1) is 24.0.